The van der Waals surface area contributed by atoms with Gasteiger partial charge >= 0.3 is 0 Å². The minimum Gasteiger partial charge on any atom is -0.400 e. The first-order valence-corrected chi connectivity index (χ1v) is 7.89. The van der Waals surface area contributed by atoms with E-state index in [9.17, 15) is 0 Å². The fourth-order valence-corrected chi connectivity index (χ4v) is 3.17. The van der Waals surface area contributed by atoms with Gasteiger partial charge in [-0.05, 0) is 34.1 Å². The third-order valence-corrected chi connectivity index (χ3v) is 4.45. The quantitative estimate of drug-likeness (QED) is 0.348. The van der Waals surface area contributed by atoms with Crippen LogP contribution in [0.4, 0.5) is 22.7 Å². The highest BCUT2D eigenvalue weighted by molar-refractivity contribution is 9.11. The van der Waals surface area contributed by atoms with Crippen LogP contribution in [0.25, 0.3) is 9.69 Å². The topological polar surface area (TPSA) is 60.8 Å². The second-order valence-electron chi connectivity index (χ2n) is 3.85. The molecule has 0 saturated heterocycles. The van der Waals surface area contributed by atoms with Crippen LogP contribution in [0.15, 0.2) is 33.2 Å². The first-order chi connectivity index (χ1) is 10.3. The second kappa shape index (κ2) is 8.26. The Bertz CT molecular complexity index is 795. The largest absolute Gasteiger partial charge is 0.400 e. The van der Waals surface area contributed by atoms with Crippen LogP contribution < -0.4 is 11.5 Å². The molecule has 0 heterocycles. The maximum absolute atomic E-state index is 6.83. The lowest BCUT2D eigenvalue weighted by atomic mass is 10.3. The van der Waals surface area contributed by atoms with Crippen LogP contribution in [0.5, 0.6) is 0 Å². The Hall–Kier alpha value is -1.44. The highest BCUT2D eigenvalue weighted by atomic mass is 79.9. The van der Waals surface area contributed by atoms with Crippen molar-refractivity contribution in [3.63, 3.8) is 0 Å². The van der Waals surface area contributed by atoms with E-state index in [1.54, 1.807) is 24.3 Å². The molecule has 0 saturated carbocycles. The molecule has 0 aromatic heterocycles. The van der Waals surface area contributed by atoms with Gasteiger partial charge in [0.05, 0.1) is 13.1 Å². The fourth-order valence-electron chi connectivity index (χ4n) is 1.31. The van der Waals surface area contributed by atoms with Crippen LogP contribution in [-0.4, -0.2) is 0 Å². The van der Waals surface area contributed by atoms with Crippen molar-refractivity contribution in [2.75, 3.05) is 11.5 Å². The standard InChI is InChI=1S/C7H3Br2ClN2.C7H5ClN2/c1-12-7-4(10)2-3(8)6(11)5(7)9;1-10-7-4-5(9)2-3-6(7)8/h2H,11H2;2-4H,9H2. The monoisotopic (exact) mass is 460 g/mol. The minimum atomic E-state index is 0.345. The number of nitrogen functional groups attached to an aromatic ring is 2. The van der Waals surface area contributed by atoms with Crippen molar-refractivity contribution in [1.29, 1.82) is 0 Å². The number of nitrogens with zero attached hydrogens (tertiary/aromatic N) is 2. The molecule has 0 bridgehead atoms. The first-order valence-electron chi connectivity index (χ1n) is 5.54. The second-order valence-corrected chi connectivity index (χ2v) is 6.31. The summed E-state index contributed by atoms with van der Waals surface area (Å²) in [6, 6.07) is 6.44. The van der Waals surface area contributed by atoms with E-state index in [0.29, 0.717) is 41.7 Å². The summed E-state index contributed by atoms with van der Waals surface area (Å²) in [7, 11) is 0. The molecule has 22 heavy (non-hydrogen) atoms. The summed E-state index contributed by atoms with van der Waals surface area (Å²) < 4.78 is 1.23. The van der Waals surface area contributed by atoms with Crippen LogP contribution in [0, 0.1) is 13.1 Å². The first kappa shape index (κ1) is 18.6. The predicted octanol–water partition coefficient (Wildman–Crippen LogP) is 6.47. The molecule has 2 aromatic carbocycles. The molecular weight excluding hydrogens is 455 g/mol. The number of hydrogen-bond acceptors (Lipinski definition) is 2. The van der Waals surface area contributed by atoms with Gasteiger partial charge in [0.15, 0.2) is 0 Å². The summed E-state index contributed by atoms with van der Waals surface area (Å²) >= 11 is 17.8. The number of benzene rings is 2. The van der Waals surface area contributed by atoms with Crippen LogP contribution >= 0.6 is 55.1 Å². The van der Waals surface area contributed by atoms with Crippen molar-refractivity contribution >= 4 is 77.8 Å². The molecular formula is C14H8Br2Cl2N4. The van der Waals surface area contributed by atoms with E-state index < -0.39 is 0 Å². The summed E-state index contributed by atoms with van der Waals surface area (Å²) in [5.41, 5.74) is 12.8. The third kappa shape index (κ3) is 4.53. The van der Waals surface area contributed by atoms with E-state index in [-0.39, 0.29) is 0 Å². The molecule has 0 aliphatic carbocycles. The van der Waals surface area contributed by atoms with Crippen molar-refractivity contribution < 1.29 is 0 Å². The summed E-state index contributed by atoms with van der Waals surface area (Å²) in [6.45, 7) is 13.5. The zero-order valence-corrected chi connectivity index (χ0v) is 15.6. The van der Waals surface area contributed by atoms with Crippen molar-refractivity contribution in [3.05, 3.63) is 66.1 Å². The van der Waals surface area contributed by atoms with E-state index in [4.69, 9.17) is 47.8 Å². The SMILES string of the molecule is [C-]#[N+]c1c(Cl)cc(Br)c(N)c1Br.[C-]#[N+]c1cc(N)ccc1Cl. The summed E-state index contributed by atoms with van der Waals surface area (Å²) in [4.78, 5) is 6.41. The van der Waals surface area contributed by atoms with Crippen molar-refractivity contribution in [1.82, 2.24) is 0 Å². The molecule has 0 amide bonds. The molecule has 2 rings (SSSR count). The van der Waals surface area contributed by atoms with Gasteiger partial charge in [-0.2, -0.15) is 0 Å². The molecule has 0 spiro atoms. The van der Waals surface area contributed by atoms with Crippen molar-refractivity contribution in [2.45, 2.75) is 0 Å². The number of halogens is 4. The lowest BCUT2D eigenvalue weighted by Gasteiger charge is -2.04. The Kier molecular flexibility index (Phi) is 6.99. The Labute approximate surface area is 154 Å². The summed E-state index contributed by atoms with van der Waals surface area (Å²) in [5.74, 6) is 0. The van der Waals surface area contributed by atoms with Gasteiger partial charge in [-0.25, -0.2) is 9.69 Å². The molecule has 4 N–H and O–H groups in total. The van der Waals surface area contributed by atoms with Gasteiger partial charge in [-0.15, -0.1) is 0 Å². The van der Waals surface area contributed by atoms with E-state index in [1.165, 1.54) is 0 Å². The smallest absolute Gasteiger partial charge is 0.221 e. The summed E-state index contributed by atoms with van der Waals surface area (Å²) in [5, 5.41) is 0.835. The lowest BCUT2D eigenvalue weighted by Crippen LogP contribution is -1.88. The Morgan fingerprint density at radius 1 is 0.955 bits per heavy atom. The normalized spacial score (nSPS) is 9.18. The lowest BCUT2D eigenvalue weighted by molar-refractivity contribution is 1.59. The van der Waals surface area contributed by atoms with Gasteiger partial charge in [-0.1, -0.05) is 45.2 Å². The molecule has 0 fully saturated rings. The average Bonchev–Trinajstić information content (AvgIpc) is 2.48. The van der Waals surface area contributed by atoms with Crippen molar-refractivity contribution in [2.24, 2.45) is 0 Å². The van der Waals surface area contributed by atoms with Gasteiger partial charge in [-0.3, -0.25) is 0 Å². The number of nitrogens with two attached hydrogens (primary N) is 2. The zero-order valence-electron chi connectivity index (χ0n) is 10.9. The fraction of sp³-hybridized carbons (Fsp3) is 0. The van der Waals surface area contributed by atoms with E-state index in [0.717, 1.165) is 0 Å². The molecule has 0 unspecified atom stereocenters. The van der Waals surface area contributed by atoms with Gasteiger partial charge in [0.2, 0.25) is 11.4 Å². The molecule has 0 aliphatic rings. The minimum absolute atomic E-state index is 0.345. The maximum Gasteiger partial charge on any atom is 0.221 e. The number of anilines is 2. The van der Waals surface area contributed by atoms with Crippen LogP contribution in [-0.2, 0) is 0 Å². The Morgan fingerprint density at radius 3 is 2.09 bits per heavy atom. The van der Waals surface area contributed by atoms with Crippen LogP contribution in [0.2, 0.25) is 10.0 Å². The highest BCUT2D eigenvalue weighted by Crippen LogP contribution is 2.41. The van der Waals surface area contributed by atoms with Crippen molar-refractivity contribution in [3.8, 4) is 0 Å². The van der Waals surface area contributed by atoms with Gasteiger partial charge in [0, 0.05) is 30.4 Å². The molecule has 2 aromatic rings. The Morgan fingerprint density at radius 2 is 1.59 bits per heavy atom. The molecule has 4 nitrogen and oxygen atoms in total. The van der Waals surface area contributed by atoms with Crippen LogP contribution in [0.3, 0.4) is 0 Å². The van der Waals surface area contributed by atoms with Gasteiger partial charge < -0.3 is 11.5 Å². The maximum atomic E-state index is 6.83. The molecule has 0 atom stereocenters. The highest BCUT2D eigenvalue weighted by Gasteiger charge is 2.11. The van der Waals surface area contributed by atoms with Gasteiger partial charge in [0.25, 0.3) is 0 Å². The van der Waals surface area contributed by atoms with E-state index >= 15 is 0 Å². The van der Waals surface area contributed by atoms with E-state index in [1.807, 2.05) is 0 Å². The number of hydrogen-bond donors (Lipinski definition) is 2. The summed E-state index contributed by atoms with van der Waals surface area (Å²) in [6.07, 6.45) is 0. The predicted molar refractivity (Wildman–Crippen MR) is 99.7 cm³/mol. The molecule has 8 heteroatoms. The Balaban J connectivity index is 0.000000224. The number of rotatable bonds is 0. The molecule has 0 aliphatic heterocycles. The third-order valence-electron chi connectivity index (χ3n) is 2.38. The average molecular weight is 463 g/mol. The molecule has 0 radical (unpaired) electrons. The van der Waals surface area contributed by atoms with Crippen LogP contribution in [0.1, 0.15) is 0 Å². The van der Waals surface area contributed by atoms with E-state index in [2.05, 4.69) is 41.5 Å². The zero-order chi connectivity index (χ0) is 16.9. The molecule has 112 valence electrons. The van der Waals surface area contributed by atoms with Gasteiger partial charge in [0.1, 0.15) is 0 Å².